The molecule has 190 valence electrons. The Bertz CT molecular complexity index is 1290. The largest absolute Gasteiger partial charge is 0.497 e. The molecule has 0 saturated carbocycles. The van der Waals surface area contributed by atoms with Crippen molar-refractivity contribution in [1.29, 1.82) is 0 Å². The average molecular weight is 557 g/mol. The van der Waals surface area contributed by atoms with E-state index in [0.717, 1.165) is 40.4 Å². The van der Waals surface area contributed by atoms with E-state index in [1.54, 1.807) is 18.1 Å². The minimum absolute atomic E-state index is 0.156. The molecule has 1 atom stereocenters. The number of thiazole rings is 1. The van der Waals surface area contributed by atoms with Gasteiger partial charge in [0, 0.05) is 19.6 Å². The number of amides is 1. The molecule has 0 aliphatic carbocycles. The molecule has 1 aromatic carbocycles. The van der Waals surface area contributed by atoms with Crippen LogP contribution in [-0.2, 0) is 14.8 Å². The van der Waals surface area contributed by atoms with Crippen LogP contribution in [0.3, 0.4) is 0 Å². The molecule has 0 N–H and O–H groups in total. The van der Waals surface area contributed by atoms with Crippen LogP contribution in [0.5, 0.6) is 5.75 Å². The highest BCUT2D eigenvalue weighted by Gasteiger charge is 2.42. The zero-order valence-electron chi connectivity index (χ0n) is 19.9. The first-order valence-corrected chi connectivity index (χ1v) is 15.0. The van der Waals surface area contributed by atoms with Crippen LogP contribution in [0.2, 0.25) is 4.34 Å². The van der Waals surface area contributed by atoms with Crippen molar-refractivity contribution < 1.29 is 17.9 Å². The number of hydrogen-bond donors (Lipinski definition) is 0. The van der Waals surface area contributed by atoms with E-state index in [9.17, 15) is 13.2 Å². The molecule has 1 aliphatic rings. The number of carbonyl (C=O) groups is 1. The Morgan fingerprint density at radius 3 is 2.63 bits per heavy atom. The minimum atomic E-state index is -3.83. The molecule has 35 heavy (non-hydrogen) atoms. The van der Waals surface area contributed by atoms with Gasteiger partial charge >= 0.3 is 0 Å². The van der Waals surface area contributed by atoms with Gasteiger partial charge in [0.05, 0.1) is 21.7 Å². The minimum Gasteiger partial charge on any atom is -0.497 e. The second-order valence-corrected chi connectivity index (χ2v) is 13.0. The van der Waals surface area contributed by atoms with Gasteiger partial charge in [-0.3, -0.25) is 9.69 Å². The number of fused-ring (bicyclic) bond motifs is 1. The van der Waals surface area contributed by atoms with Gasteiger partial charge < -0.3 is 9.64 Å². The van der Waals surface area contributed by atoms with Gasteiger partial charge in [-0.1, -0.05) is 36.8 Å². The van der Waals surface area contributed by atoms with Gasteiger partial charge in [-0.05, 0) is 56.3 Å². The van der Waals surface area contributed by atoms with E-state index in [2.05, 4.69) is 18.7 Å². The molecule has 1 amide bonds. The number of hydrogen-bond acceptors (Lipinski definition) is 8. The lowest BCUT2D eigenvalue weighted by Gasteiger charge is -2.29. The number of sulfonamides is 1. The Labute approximate surface area is 219 Å². The summed E-state index contributed by atoms with van der Waals surface area (Å²) in [6, 6.07) is 7.90. The zero-order chi connectivity index (χ0) is 25.2. The number of thiophene rings is 1. The highest BCUT2D eigenvalue weighted by molar-refractivity contribution is 7.91. The van der Waals surface area contributed by atoms with E-state index in [4.69, 9.17) is 21.3 Å². The summed E-state index contributed by atoms with van der Waals surface area (Å²) in [6.07, 6.45) is 1.09. The topological polar surface area (TPSA) is 83.0 Å². The number of methoxy groups -OCH3 is 1. The number of aromatic nitrogens is 1. The van der Waals surface area contributed by atoms with Crippen molar-refractivity contribution in [3.05, 3.63) is 34.7 Å². The van der Waals surface area contributed by atoms with Crippen molar-refractivity contribution in [2.75, 3.05) is 44.7 Å². The number of rotatable bonds is 10. The summed E-state index contributed by atoms with van der Waals surface area (Å²) in [4.78, 5) is 22.6. The normalized spacial score (nSPS) is 16.9. The Hall–Kier alpha value is -1.76. The van der Waals surface area contributed by atoms with Crippen LogP contribution in [-0.4, -0.2) is 74.4 Å². The van der Waals surface area contributed by atoms with E-state index in [1.807, 2.05) is 18.2 Å². The fourth-order valence-corrected chi connectivity index (χ4v) is 8.51. The lowest BCUT2D eigenvalue weighted by Crippen LogP contribution is -2.49. The molecule has 2 aromatic heterocycles. The van der Waals surface area contributed by atoms with Crippen molar-refractivity contribution in [3.8, 4) is 5.75 Å². The van der Waals surface area contributed by atoms with Gasteiger partial charge in [0.1, 0.15) is 16.0 Å². The third-order valence-electron chi connectivity index (χ3n) is 6.22. The number of likely N-dealkylation sites (N-methyl/N-ethyl adjacent to an activating group) is 1. The lowest BCUT2D eigenvalue weighted by molar-refractivity contribution is -0.121. The van der Waals surface area contributed by atoms with E-state index >= 15 is 0 Å². The second-order valence-electron chi connectivity index (χ2n) is 8.18. The summed E-state index contributed by atoms with van der Waals surface area (Å²) in [5, 5.41) is 0.564. The van der Waals surface area contributed by atoms with Crippen LogP contribution in [0, 0.1) is 0 Å². The highest BCUT2D eigenvalue weighted by atomic mass is 35.5. The van der Waals surface area contributed by atoms with Gasteiger partial charge in [-0.15, -0.1) is 11.3 Å². The number of halogens is 1. The molecule has 0 bridgehead atoms. The van der Waals surface area contributed by atoms with Crippen LogP contribution in [0.4, 0.5) is 5.13 Å². The number of anilines is 1. The maximum absolute atomic E-state index is 13.9. The van der Waals surface area contributed by atoms with Crippen LogP contribution in [0.1, 0.15) is 26.7 Å². The molecule has 0 spiro atoms. The molecule has 1 aliphatic heterocycles. The summed E-state index contributed by atoms with van der Waals surface area (Å²) in [5.74, 6) is 0.475. The number of benzene rings is 1. The van der Waals surface area contributed by atoms with Crippen LogP contribution in [0.15, 0.2) is 34.5 Å². The molecule has 12 heteroatoms. The smallest absolute Gasteiger partial charge is 0.253 e. The molecule has 1 saturated heterocycles. The van der Waals surface area contributed by atoms with Gasteiger partial charge in [0.15, 0.2) is 5.13 Å². The Morgan fingerprint density at radius 1 is 1.20 bits per heavy atom. The molecular weight excluding hydrogens is 528 g/mol. The molecule has 8 nitrogen and oxygen atoms in total. The van der Waals surface area contributed by atoms with Crippen molar-refractivity contribution in [1.82, 2.24) is 14.2 Å². The predicted octanol–water partition coefficient (Wildman–Crippen LogP) is 4.55. The molecule has 1 unspecified atom stereocenters. The third kappa shape index (κ3) is 5.50. The average Bonchev–Trinajstić information content (AvgIpc) is 3.60. The standard InChI is InChI=1S/C23H29ClN4O4S3/c1-4-26(5-2)13-14-27(23-25-17-9-8-16(32-3)15-19(17)33-23)22(29)18-7-6-12-28(18)35(30,31)21-11-10-20(24)34-21/h8-11,15,18H,4-7,12-14H2,1-3H3. The number of nitrogens with zero attached hydrogens (tertiary/aromatic N) is 4. The van der Waals surface area contributed by atoms with Crippen LogP contribution in [0.25, 0.3) is 10.2 Å². The second kappa shape index (κ2) is 11.1. The fraction of sp³-hybridized carbons (Fsp3) is 0.478. The van der Waals surface area contributed by atoms with E-state index < -0.39 is 16.1 Å². The first-order chi connectivity index (χ1) is 16.8. The summed E-state index contributed by atoms with van der Waals surface area (Å²) in [6.45, 7) is 7.27. The summed E-state index contributed by atoms with van der Waals surface area (Å²) in [7, 11) is -2.22. The van der Waals surface area contributed by atoms with Crippen molar-refractivity contribution in [2.45, 2.75) is 36.9 Å². The SMILES string of the molecule is CCN(CC)CCN(C(=O)C1CCCN1S(=O)(=O)c1ccc(Cl)s1)c1nc2ccc(OC)cc2s1. The lowest BCUT2D eigenvalue weighted by atomic mass is 10.2. The van der Waals surface area contributed by atoms with Gasteiger partial charge in [-0.25, -0.2) is 13.4 Å². The zero-order valence-corrected chi connectivity index (χ0v) is 23.1. The molecule has 1 fully saturated rings. The summed E-state index contributed by atoms with van der Waals surface area (Å²) >= 11 is 8.42. The first kappa shape index (κ1) is 26.3. The Balaban J connectivity index is 1.67. The summed E-state index contributed by atoms with van der Waals surface area (Å²) < 4.78 is 34.9. The summed E-state index contributed by atoms with van der Waals surface area (Å²) in [5.41, 5.74) is 0.774. The van der Waals surface area contributed by atoms with E-state index in [1.165, 1.54) is 21.7 Å². The third-order valence-corrected chi connectivity index (χ3v) is 10.9. The highest BCUT2D eigenvalue weighted by Crippen LogP contribution is 2.35. The van der Waals surface area contributed by atoms with Gasteiger partial charge in [-0.2, -0.15) is 4.31 Å². The maximum Gasteiger partial charge on any atom is 0.253 e. The molecule has 0 radical (unpaired) electrons. The van der Waals surface area contributed by atoms with Crippen molar-refractivity contribution in [3.63, 3.8) is 0 Å². The molecule has 4 rings (SSSR count). The van der Waals surface area contributed by atoms with E-state index in [-0.39, 0.29) is 10.1 Å². The molecule has 3 aromatic rings. The van der Waals surface area contributed by atoms with E-state index in [0.29, 0.717) is 41.9 Å². The Kier molecular flexibility index (Phi) is 8.34. The fourth-order valence-electron chi connectivity index (χ4n) is 4.22. The van der Waals surface area contributed by atoms with Gasteiger partial charge in [0.25, 0.3) is 10.0 Å². The predicted molar refractivity (Wildman–Crippen MR) is 143 cm³/mol. The van der Waals surface area contributed by atoms with Crippen LogP contribution < -0.4 is 9.64 Å². The first-order valence-electron chi connectivity index (χ1n) is 11.5. The molecular formula is C23H29ClN4O4S3. The van der Waals surface area contributed by atoms with Gasteiger partial charge in [0.2, 0.25) is 5.91 Å². The maximum atomic E-state index is 13.9. The molecule has 3 heterocycles. The van der Waals surface area contributed by atoms with Crippen molar-refractivity contribution >= 4 is 65.6 Å². The van der Waals surface area contributed by atoms with Crippen molar-refractivity contribution in [2.24, 2.45) is 0 Å². The Morgan fingerprint density at radius 2 is 1.97 bits per heavy atom. The quantitative estimate of drug-likeness (QED) is 0.364. The number of ether oxygens (including phenoxy) is 1. The number of carbonyl (C=O) groups excluding carboxylic acids is 1. The van der Waals surface area contributed by atoms with Crippen LogP contribution >= 0.6 is 34.3 Å². The monoisotopic (exact) mass is 556 g/mol.